The Bertz CT molecular complexity index is 1130. The third kappa shape index (κ3) is 3.68. The maximum Gasteiger partial charge on any atom is 0.187 e. The van der Waals surface area contributed by atoms with Crippen molar-refractivity contribution in [1.82, 2.24) is 9.55 Å². The lowest BCUT2D eigenvalue weighted by atomic mass is 10.2. The number of anilines is 2. The third-order valence-electron chi connectivity index (χ3n) is 4.80. The molecule has 2 aromatic heterocycles. The molecule has 0 spiro atoms. The molecule has 0 aliphatic carbocycles. The molecule has 28 heavy (non-hydrogen) atoms. The Labute approximate surface area is 168 Å². The average molecular weight is 385 g/mol. The zero-order valence-corrected chi connectivity index (χ0v) is 16.6. The summed E-state index contributed by atoms with van der Waals surface area (Å²) in [6, 6.07) is 22.2. The molecule has 4 aromatic rings. The molecule has 1 N–H and O–H groups in total. The Kier molecular flexibility index (Phi) is 4.96. The van der Waals surface area contributed by atoms with E-state index in [1.165, 1.54) is 17.0 Å². The van der Waals surface area contributed by atoms with Crippen molar-refractivity contribution in [2.24, 2.45) is 0 Å². The van der Waals surface area contributed by atoms with E-state index in [1.54, 1.807) is 23.5 Å². The molecule has 0 atom stereocenters. The molecule has 0 aliphatic rings. The van der Waals surface area contributed by atoms with Crippen molar-refractivity contribution in [2.75, 3.05) is 5.32 Å². The zero-order chi connectivity index (χ0) is 19.5. The Morgan fingerprint density at radius 2 is 1.82 bits per heavy atom. The van der Waals surface area contributed by atoms with Crippen LogP contribution in [0, 0.1) is 25.2 Å². The van der Waals surface area contributed by atoms with Gasteiger partial charge in [0.25, 0.3) is 0 Å². The number of hydrogen-bond acceptors (Lipinski definition) is 4. The minimum atomic E-state index is 0.649. The van der Waals surface area contributed by atoms with Gasteiger partial charge < -0.3 is 9.88 Å². The molecule has 0 saturated heterocycles. The quantitative estimate of drug-likeness (QED) is 0.467. The van der Waals surface area contributed by atoms with Crippen molar-refractivity contribution in [3.63, 3.8) is 0 Å². The standard InChI is InChI=1S/C23H20N4S/c1-16-12-21(17(2)27(16)14-19-6-4-3-5-7-19)22-15-28-23(26-22)25-20-10-8-18(13-24)9-11-20/h3-12,15H,14H2,1-2H3,(H,25,26). The number of nitrogens with zero attached hydrogens (tertiary/aromatic N) is 3. The lowest BCUT2D eigenvalue weighted by Crippen LogP contribution is -2.03. The second kappa shape index (κ2) is 7.71. The van der Waals surface area contributed by atoms with E-state index in [0.29, 0.717) is 5.56 Å². The van der Waals surface area contributed by atoms with E-state index in [0.717, 1.165) is 28.6 Å². The molecule has 2 aromatic carbocycles. The highest BCUT2D eigenvalue weighted by atomic mass is 32.1. The van der Waals surface area contributed by atoms with Gasteiger partial charge in [-0.25, -0.2) is 4.98 Å². The molecule has 0 aliphatic heterocycles. The fourth-order valence-corrected chi connectivity index (χ4v) is 4.01. The Morgan fingerprint density at radius 3 is 2.54 bits per heavy atom. The summed E-state index contributed by atoms with van der Waals surface area (Å²) in [6.45, 7) is 5.15. The van der Waals surface area contributed by atoms with E-state index in [2.05, 4.69) is 65.5 Å². The highest BCUT2D eigenvalue weighted by Gasteiger charge is 2.14. The van der Waals surface area contributed by atoms with Crippen molar-refractivity contribution >= 4 is 22.2 Å². The van der Waals surface area contributed by atoms with Crippen molar-refractivity contribution in [3.8, 4) is 17.3 Å². The van der Waals surface area contributed by atoms with Crippen LogP contribution >= 0.6 is 11.3 Å². The number of hydrogen-bond donors (Lipinski definition) is 1. The van der Waals surface area contributed by atoms with E-state index in [1.807, 2.05) is 18.2 Å². The molecule has 0 bridgehead atoms. The molecule has 0 unspecified atom stereocenters. The summed E-state index contributed by atoms with van der Waals surface area (Å²) >= 11 is 1.58. The van der Waals surface area contributed by atoms with Crippen molar-refractivity contribution in [1.29, 1.82) is 5.26 Å². The number of rotatable bonds is 5. The summed E-state index contributed by atoms with van der Waals surface area (Å²) in [5.74, 6) is 0. The summed E-state index contributed by atoms with van der Waals surface area (Å²) in [7, 11) is 0. The van der Waals surface area contributed by atoms with Crippen LogP contribution in [-0.4, -0.2) is 9.55 Å². The van der Waals surface area contributed by atoms with E-state index < -0.39 is 0 Å². The van der Waals surface area contributed by atoms with E-state index >= 15 is 0 Å². The zero-order valence-electron chi connectivity index (χ0n) is 15.8. The van der Waals surface area contributed by atoms with Crippen LogP contribution in [0.15, 0.2) is 66.0 Å². The van der Waals surface area contributed by atoms with Gasteiger partial charge in [0.15, 0.2) is 5.13 Å². The highest BCUT2D eigenvalue weighted by molar-refractivity contribution is 7.14. The molecule has 5 heteroatoms. The van der Waals surface area contributed by atoms with Crippen LogP contribution in [0.1, 0.15) is 22.5 Å². The molecule has 0 saturated carbocycles. The number of thiazole rings is 1. The lowest BCUT2D eigenvalue weighted by Gasteiger charge is -2.09. The maximum atomic E-state index is 8.91. The SMILES string of the molecule is Cc1cc(-c2csc(Nc3ccc(C#N)cc3)n2)c(C)n1Cc1ccccc1. The number of aromatic nitrogens is 2. The fraction of sp³-hybridized carbons (Fsp3) is 0.130. The number of aryl methyl sites for hydroxylation is 1. The predicted molar refractivity (Wildman–Crippen MR) is 115 cm³/mol. The summed E-state index contributed by atoms with van der Waals surface area (Å²) in [6.07, 6.45) is 0. The number of nitriles is 1. The molecule has 0 amide bonds. The van der Waals surface area contributed by atoms with Gasteiger partial charge in [0.05, 0.1) is 17.3 Å². The first-order chi connectivity index (χ1) is 13.6. The summed E-state index contributed by atoms with van der Waals surface area (Å²) in [5, 5.41) is 15.1. The first kappa shape index (κ1) is 18.0. The van der Waals surface area contributed by atoms with Gasteiger partial charge in [-0.15, -0.1) is 11.3 Å². The average Bonchev–Trinajstić information content (AvgIpc) is 3.29. The molecular weight excluding hydrogens is 364 g/mol. The molecule has 4 rings (SSSR count). The molecule has 2 heterocycles. The third-order valence-corrected chi connectivity index (χ3v) is 5.56. The van der Waals surface area contributed by atoms with Gasteiger partial charge in [0.2, 0.25) is 0 Å². The summed E-state index contributed by atoms with van der Waals surface area (Å²) in [5.41, 5.74) is 7.46. The van der Waals surface area contributed by atoms with Crippen molar-refractivity contribution in [3.05, 3.63) is 88.6 Å². The van der Waals surface area contributed by atoms with Crippen LogP contribution < -0.4 is 5.32 Å². The largest absolute Gasteiger partial charge is 0.344 e. The van der Waals surface area contributed by atoms with Crippen LogP contribution in [0.2, 0.25) is 0 Å². The lowest BCUT2D eigenvalue weighted by molar-refractivity contribution is 0.750. The minimum absolute atomic E-state index is 0.649. The van der Waals surface area contributed by atoms with Crippen LogP contribution in [-0.2, 0) is 6.54 Å². The van der Waals surface area contributed by atoms with Gasteiger partial charge in [-0.2, -0.15) is 5.26 Å². The molecular formula is C23H20N4S. The van der Waals surface area contributed by atoms with Gasteiger partial charge in [-0.05, 0) is 49.7 Å². The van der Waals surface area contributed by atoms with E-state index in [4.69, 9.17) is 10.2 Å². The van der Waals surface area contributed by atoms with Crippen molar-refractivity contribution < 1.29 is 0 Å². The van der Waals surface area contributed by atoms with Gasteiger partial charge >= 0.3 is 0 Å². The fourth-order valence-electron chi connectivity index (χ4n) is 3.28. The molecule has 4 nitrogen and oxygen atoms in total. The topological polar surface area (TPSA) is 53.6 Å². The second-order valence-corrected chi connectivity index (χ2v) is 7.57. The van der Waals surface area contributed by atoms with E-state index in [-0.39, 0.29) is 0 Å². The van der Waals surface area contributed by atoms with Crippen LogP contribution in [0.3, 0.4) is 0 Å². The van der Waals surface area contributed by atoms with Gasteiger partial charge in [0, 0.05) is 34.6 Å². The summed E-state index contributed by atoms with van der Waals surface area (Å²) < 4.78 is 2.33. The van der Waals surface area contributed by atoms with Crippen LogP contribution in [0.25, 0.3) is 11.3 Å². The highest BCUT2D eigenvalue weighted by Crippen LogP contribution is 2.31. The second-order valence-electron chi connectivity index (χ2n) is 6.71. The molecule has 138 valence electrons. The first-order valence-electron chi connectivity index (χ1n) is 9.08. The van der Waals surface area contributed by atoms with Gasteiger partial charge in [-0.3, -0.25) is 0 Å². The Balaban J connectivity index is 1.56. The van der Waals surface area contributed by atoms with Crippen molar-refractivity contribution in [2.45, 2.75) is 20.4 Å². The van der Waals surface area contributed by atoms with Gasteiger partial charge in [0.1, 0.15) is 0 Å². The Hall–Kier alpha value is -3.36. The number of nitrogens with one attached hydrogen (secondary N) is 1. The Morgan fingerprint density at radius 1 is 1.07 bits per heavy atom. The van der Waals surface area contributed by atoms with Gasteiger partial charge in [-0.1, -0.05) is 30.3 Å². The van der Waals surface area contributed by atoms with E-state index in [9.17, 15) is 0 Å². The normalized spacial score (nSPS) is 10.6. The number of benzene rings is 2. The smallest absolute Gasteiger partial charge is 0.187 e. The molecule has 0 fully saturated rings. The van der Waals surface area contributed by atoms with Crippen LogP contribution in [0.4, 0.5) is 10.8 Å². The summed E-state index contributed by atoms with van der Waals surface area (Å²) in [4.78, 5) is 4.77. The minimum Gasteiger partial charge on any atom is -0.344 e. The first-order valence-corrected chi connectivity index (χ1v) is 9.96. The predicted octanol–water partition coefficient (Wildman–Crippen LogP) is 5.89. The monoisotopic (exact) mass is 384 g/mol. The maximum absolute atomic E-state index is 8.91. The van der Waals surface area contributed by atoms with Crippen LogP contribution in [0.5, 0.6) is 0 Å². The molecule has 0 radical (unpaired) electrons.